The molecule has 10 heteroatoms. The monoisotopic (exact) mass is 383 g/mol. The average molecular weight is 384 g/mol. The molecule has 0 aliphatic rings. The lowest BCUT2D eigenvalue weighted by Crippen LogP contribution is -2.17. The number of anilines is 2. The number of hydrogen-bond donors (Lipinski definition) is 1. The van der Waals surface area contributed by atoms with Crippen LogP contribution in [0.2, 0.25) is 5.15 Å². The first-order valence-corrected chi connectivity index (χ1v) is 7.46. The number of non-ortho nitro benzene ring substituents is 1. The molecule has 0 amide bonds. The van der Waals surface area contributed by atoms with Crippen LogP contribution < -0.4 is 10.1 Å². The summed E-state index contributed by atoms with van der Waals surface area (Å²) in [5.41, 5.74) is 1.15. The van der Waals surface area contributed by atoms with Crippen molar-refractivity contribution in [1.82, 2.24) is 4.98 Å². The molecule has 1 aromatic heterocycles. The highest BCUT2D eigenvalue weighted by atomic mass is 35.5. The summed E-state index contributed by atoms with van der Waals surface area (Å²) in [6, 6.07) is 10.8. The molecule has 0 saturated heterocycles. The standard InChI is InChI=1S/C16H9ClF3N3O3/c17-15-8-14(21-9-1-3-10(4-2-9)23(24)25)12-6-5-11(7-13(12)22-15)26-16(18,19)20/h1-8H,(H,21,22). The Kier molecular flexibility index (Phi) is 4.56. The van der Waals surface area contributed by atoms with Crippen LogP contribution in [-0.2, 0) is 0 Å². The fourth-order valence-corrected chi connectivity index (χ4v) is 2.50. The smallest absolute Gasteiger partial charge is 0.406 e. The van der Waals surface area contributed by atoms with Gasteiger partial charge in [-0.05, 0) is 30.3 Å². The van der Waals surface area contributed by atoms with Crippen LogP contribution >= 0.6 is 11.6 Å². The van der Waals surface area contributed by atoms with Crippen molar-refractivity contribution in [2.75, 3.05) is 5.32 Å². The van der Waals surface area contributed by atoms with Crippen molar-refractivity contribution in [3.8, 4) is 5.75 Å². The predicted molar refractivity (Wildman–Crippen MR) is 89.8 cm³/mol. The molecule has 0 aliphatic heterocycles. The average Bonchev–Trinajstić information content (AvgIpc) is 2.53. The number of nitro groups is 1. The lowest BCUT2D eigenvalue weighted by Gasteiger charge is -2.12. The van der Waals surface area contributed by atoms with E-state index in [1.807, 2.05) is 0 Å². The number of nitrogens with zero attached hydrogens (tertiary/aromatic N) is 2. The molecule has 0 radical (unpaired) electrons. The molecule has 3 rings (SSSR count). The zero-order chi connectivity index (χ0) is 18.9. The molecule has 6 nitrogen and oxygen atoms in total. The number of benzene rings is 2. The quantitative estimate of drug-likeness (QED) is 0.369. The number of nitrogens with one attached hydrogen (secondary N) is 1. The lowest BCUT2D eigenvalue weighted by molar-refractivity contribution is -0.384. The molecule has 3 aromatic rings. The summed E-state index contributed by atoms with van der Waals surface area (Å²) in [7, 11) is 0. The number of aromatic nitrogens is 1. The second-order valence-electron chi connectivity index (χ2n) is 5.15. The molecule has 0 atom stereocenters. The minimum Gasteiger partial charge on any atom is -0.406 e. The predicted octanol–water partition coefficient (Wildman–Crippen LogP) is 5.44. The van der Waals surface area contributed by atoms with Gasteiger partial charge in [0.1, 0.15) is 10.9 Å². The molecule has 2 aromatic carbocycles. The summed E-state index contributed by atoms with van der Waals surface area (Å²) in [5, 5.41) is 14.3. The second kappa shape index (κ2) is 6.68. The van der Waals surface area contributed by atoms with Crippen LogP contribution in [-0.4, -0.2) is 16.3 Å². The van der Waals surface area contributed by atoms with Crippen LogP contribution in [0.5, 0.6) is 5.75 Å². The maximum absolute atomic E-state index is 12.3. The van der Waals surface area contributed by atoms with Crippen molar-refractivity contribution in [2.45, 2.75) is 6.36 Å². The molecule has 0 bridgehead atoms. The third-order valence-electron chi connectivity index (χ3n) is 3.34. The first-order valence-electron chi connectivity index (χ1n) is 7.09. The lowest BCUT2D eigenvalue weighted by atomic mass is 10.1. The van der Waals surface area contributed by atoms with Gasteiger partial charge in [0.2, 0.25) is 0 Å². The zero-order valence-corrected chi connectivity index (χ0v) is 13.5. The molecular formula is C16H9ClF3N3O3. The molecular weight excluding hydrogens is 375 g/mol. The number of ether oxygens (including phenoxy) is 1. The van der Waals surface area contributed by atoms with E-state index < -0.39 is 17.0 Å². The number of alkyl halides is 3. The minimum atomic E-state index is -4.81. The summed E-state index contributed by atoms with van der Waals surface area (Å²) in [4.78, 5) is 14.2. The van der Waals surface area contributed by atoms with E-state index in [2.05, 4.69) is 15.0 Å². The van der Waals surface area contributed by atoms with Crippen LogP contribution in [0, 0.1) is 10.1 Å². The molecule has 0 unspecified atom stereocenters. The SMILES string of the molecule is O=[N+]([O-])c1ccc(Nc2cc(Cl)nc3cc(OC(F)(F)F)ccc23)cc1. The van der Waals surface area contributed by atoms with Gasteiger partial charge in [-0.3, -0.25) is 10.1 Å². The number of rotatable bonds is 4. The summed E-state index contributed by atoms with van der Waals surface area (Å²) in [6.07, 6.45) is -4.81. The van der Waals surface area contributed by atoms with Crippen molar-refractivity contribution in [2.24, 2.45) is 0 Å². The molecule has 1 heterocycles. The van der Waals surface area contributed by atoms with Gasteiger partial charge in [-0.1, -0.05) is 11.6 Å². The molecule has 1 N–H and O–H groups in total. The van der Waals surface area contributed by atoms with Gasteiger partial charge in [-0.2, -0.15) is 0 Å². The molecule has 26 heavy (non-hydrogen) atoms. The van der Waals surface area contributed by atoms with E-state index in [1.54, 1.807) is 0 Å². The largest absolute Gasteiger partial charge is 0.573 e. The van der Waals surface area contributed by atoms with Crippen LogP contribution in [0.15, 0.2) is 48.5 Å². The number of fused-ring (bicyclic) bond motifs is 1. The number of pyridine rings is 1. The van der Waals surface area contributed by atoms with Gasteiger partial charge in [0.25, 0.3) is 5.69 Å². The Balaban J connectivity index is 1.96. The van der Waals surface area contributed by atoms with Crippen LogP contribution in [0.3, 0.4) is 0 Å². The van der Waals surface area contributed by atoms with Crippen molar-refractivity contribution in [3.05, 3.63) is 63.8 Å². The zero-order valence-electron chi connectivity index (χ0n) is 12.7. The summed E-state index contributed by atoms with van der Waals surface area (Å²) in [5.74, 6) is -0.416. The Hall–Kier alpha value is -3.07. The molecule has 0 fully saturated rings. The third kappa shape index (κ3) is 4.12. The molecule has 0 aliphatic carbocycles. The van der Waals surface area contributed by atoms with Gasteiger partial charge in [-0.15, -0.1) is 13.2 Å². The number of halogens is 4. The topological polar surface area (TPSA) is 77.3 Å². The van der Waals surface area contributed by atoms with Gasteiger partial charge in [0.15, 0.2) is 0 Å². The van der Waals surface area contributed by atoms with E-state index in [4.69, 9.17) is 11.6 Å². The fourth-order valence-electron chi connectivity index (χ4n) is 2.30. The summed E-state index contributed by atoms with van der Waals surface area (Å²) >= 11 is 5.94. The van der Waals surface area contributed by atoms with E-state index in [-0.39, 0.29) is 16.4 Å². The highest BCUT2D eigenvalue weighted by Gasteiger charge is 2.31. The Morgan fingerprint density at radius 3 is 2.42 bits per heavy atom. The number of hydrogen-bond acceptors (Lipinski definition) is 5. The highest BCUT2D eigenvalue weighted by molar-refractivity contribution is 6.30. The maximum Gasteiger partial charge on any atom is 0.573 e. The normalized spacial score (nSPS) is 11.4. The Morgan fingerprint density at radius 1 is 1.12 bits per heavy atom. The Morgan fingerprint density at radius 2 is 1.81 bits per heavy atom. The van der Waals surface area contributed by atoms with Gasteiger partial charge in [0.05, 0.1) is 16.1 Å². The van der Waals surface area contributed by atoms with Gasteiger partial charge >= 0.3 is 6.36 Å². The molecule has 0 spiro atoms. The second-order valence-corrected chi connectivity index (χ2v) is 5.54. The molecule has 0 saturated carbocycles. The van der Waals surface area contributed by atoms with Gasteiger partial charge in [0, 0.05) is 29.3 Å². The summed E-state index contributed by atoms with van der Waals surface area (Å²) in [6.45, 7) is 0. The van der Waals surface area contributed by atoms with Crippen LogP contribution in [0.4, 0.5) is 30.2 Å². The highest BCUT2D eigenvalue weighted by Crippen LogP contribution is 2.32. The third-order valence-corrected chi connectivity index (χ3v) is 3.53. The van der Waals surface area contributed by atoms with Crippen molar-refractivity contribution in [3.63, 3.8) is 0 Å². The van der Waals surface area contributed by atoms with Gasteiger partial charge < -0.3 is 10.1 Å². The van der Waals surface area contributed by atoms with E-state index >= 15 is 0 Å². The fraction of sp³-hybridized carbons (Fsp3) is 0.0625. The van der Waals surface area contributed by atoms with Gasteiger partial charge in [-0.25, -0.2) is 4.98 Å². The first kappa shape index (κ1) is 17.7. The Labute approximate surface area is 149 Å². The van der Waals surface area contributed by atoms with E-state index in [0.717, 1.165) is 12.1 Å². The maximum atomic E-state index is 12.3. The van der Waals surface area contributed by atoms with Crippen LogP contribution in [0.1, 0.15) is 0 Å². The van der Waals surface area contributed by atoms with E-state index in [0.29, 0.717) is 16.8 Å². The van der Waals surface area contributed by atoms with Crippen LogP contribution in [0.25, 0.3) is 10.9 Å². The summed E-state index contributed by atoms with van der Waals surface area (Å²) < 4.78 is 40.9. The Bertz CT molecular complexity index is 978. The van der Waals surface area contributed by atoms with Crippen molar-refractivity contribution >= 4 is 39.6 Å². The molecule has 134 valence electrons. The van der Waals surface area contributed by atoms with Crippen molar-refractivity contribution < 1.29 is 22.8 Å². The minimum absolute atomic E-state index is 0.0612. The first-order chi connectivity index (χ1) is 12.2. The van der Waals surface area contributed by atoms with E-state index in [1.165, 1.54) is 36.4 Å². The number of nitro benzene ring substituents is 1. The van der Waals surface area contributed by atoms with Crippen molar-refractivity contribution in [1.29, 1.82) is 0 Å². The van der Waals surface area contributed by atoms with E-state index in [9.17, 15) is 23.3 Å².